The average Bonchev–Trinajstić information content (AvgIpc) is 3.45. The first-order chi connectivity index (χ1) is 14.6. The molecular formula is C24H24N4O2. The molecule has 0 radical (unpaired) electrons. The van der Waals surface area contributed by atoms with E-state index >= 15 is 0 Å². The number of benzene rings is 2. The maximum absolute atomic E-state index is 12.8. The van der Waals surface area contributed by atoms with E-state index < -0.39 is 0 Å². The summed E-state index contributed by atoms with van der Waals surface area (Å²) in [6.45, 7) is 3.43. The number of rotatable bonds is 4. The van der Waals surface area contributed by atoms with Gasteiger partial charge in [0.05, 0.1) is 17.8 Å². The van der Waals surface area contributed by atoms with Gasteiger partial charge in [-0.2, -0.15) is 0 Å². The summed E-state index contributed by atoms with van der Waals surface area (Å²) in [7, 11) is 0. The van der Waals surface area contributed by atoms with Crippen LogP contribution in [-0.4, -0.2) is 27.9 Å². The van der Waals surface area contributed by atoms with E-state index in [1.165, 1.54) is 0 Å². The standard InChI is InChI=1S/C24H24N4O2/c1-16-4-10-20(11-5-16)28-15-18(13-23(28)29)24(30)26-19-8-6-17(7-9-19)21-14-25-22-3-2-12-27(21)22/h4-11,14,18H,2-3,12-13,15H2,1H3,(H,26,30). The van der Waals surface area contributed by atoms with Crippen LogP contribution in [0.1, 0.15) is 24.2 Å². The van der Waals surface area contributed by atoms with Gasteiger partial charge in [0, 0.05) is 37.3 Å². The summed E-state index contributed by atoms with van der Waals surface area (Å²) in [5.41, 5.74) is 4.94. The van der Waals surface area contributed by atoms with E-state index in [1.807, 2.05) is 61.7 Å². The molecule has 1 saturated heterocycles. The molecule has 1 atom stereocenters. The zero-order chi connectivity index (χ0) is 20.7. The summed E-state index contributed by atoms with van der Waals surface area (Å²) in [5, 5.41) is 2.97. The third kappa shape index (κ3) is 3.38. The molecule has 152 valence electrons. The molecule has 6 nitrogen and oxygen atoms in total. The molecule has 3 aromatic rings. The number of fused-ring (bicyclic) bond motifs is 1. The molecule has 0 spiro atoms. The summed E-state index contributed by atoms with van der Waals surface area (Å²) in [6, 6.07) is 15.7. The van der Waals surface area contributed by atoms with E-state index in [4.69, 9.17) is 0 Å². The summed E-state index contributed by atoms with van der Waals surface area (Å²) in [6.07, 6.45) is 4.34. The Morgan fingerprint density at radius 1 is 1.10 bits per heavy atom. The minimum Gasteiger partial charge on any atom is -0.328 e. The lowest BCUT2D eigenvalue weighted by molar-refractivity contribution is -0.122. The highest BCUT2D eigenvalue weighted by Crippen LogP contribution is 2.28. The van der Waals surface area contributed by atoms with E-state index in [0.29, 0.717) is 6.54 Å². The molecule has 3 heterocycles. The van der Waals surface area contributed by atoms with Crippen molar-refractivity contribution in [2.75, 3.05) is 16.8 Å². The van der Waals surface area contributed by atoms with Crippen LogP contribution in [0.4, 0.5) is 11.4 Å². The Hall–Kier alpha value is -3.41. The van der Waals surface area contributed by atoms with Gasteiger partial charge in [0.2, 0.25) is 11.8 Å². The first-order valence-corrected chi connectivity index (χ1v) is 10.4. The van der Waals surface area contributed by atoms with Crippen LogP contribution in [0.2, 0.25) is 0 Å². The number of carbonyl (C=O) groups is 2. The fourth-order valence-electron chi connectivity index (χ4n) is 4.31. The number of aryl methyl sites for hydroxylation is 2. The Balaban J connectivity index is 1.25. The van der Waals surface area contributed by atoms with Gasteiger partial charge >= 0.3 is 0 Å². The fourth-order valence-corrected chi connectivity index (χ4v) is 4.31. The van der Waals surface area contributed by atoms with Crippen LogP contribution in [0.25, 0.3) is 11.3 Å². The lowest BCUT2D eigenvalue weighted by Crippen LogP contribution is -2.28. The number of nitrogens with one attached hydrogen (secondary N) is 1. The van der Waals surface area contributed by atoms with Gasteiger partial charge in [0.1, 0.15) is 5.82 Å². The molecule has 1 N–H and O–H groups in total. The third-order valence-corrected chi connectivity index (χ3v) is 6.01. The van der Waals surface area contributed by atoms with Crippen molar-refractivity contribution in [3.63, 3.8) is 0 Å². The molecule has 2 aromatic carbocycles. The van der Waals surface area contributed by atoms with Gasteiger partial charge < -0.3 is 14.8 Å². The first-order valence-electron chi connectivity index (χ1n) is 10.4. The fraction of sp³-hybridized carbons (Fsp3) is 0.292. The van der Waals surface area contributed by atoms with Gasteiger partial charge in [-0.05, 0) is 43.2 Å². The van der Waals surface area contributed by atoms with Gasteiger partial charge in [-0.3, -0.25) is 9.59 Å². The third-order valence-electron chi connectivity index (χ3n) is 6.01. The van der Waals surface area contributed by atoms with Crippen molar-refractivity contribution < 1.29 is 9.59 Å². The zero-order valence-corrected chi connectivity index (χ0v) is 17.0. The second-order valence-electron chi connectivity index (χ2n) is 8.12. The number of nitrogens with zero attached hydrogens (tertiary/aromatic N) is 3. The molecule has 5 rings (SSSR count). The maximum atomic E-state index is 12.8. The van der Waals surface area contributed by atoms with E-state index in [-0.39, 0.29) is 24.2 Å². The summed E-state index contributed by atoms with van der Waals surface area (Å²) < 4.78 is 2.26. The smallest absolute Gasteiger partial charge is 0.229 e. The van der Waals surface area contributed by atoms with E-state index in [9.17, 15) is 9.59 Å². The Kier molecular flexibility index (Phi) is 4.62. The molecule has 2 amide bonds. The predicted octanol–water partition coefficient (Wildman–Crippen LogP) is 3.80. The van der Waals surface area contributed by atoms with E-state index in [1.54, 1.807) is 4.90 Å². The predicted molar refractivity (Wildman–Crippen MR) is 116 cm³/mol. The van der Waals surface area contributed by atoms with Crippen LogP contribution in [0.15, 0.2) is 54.7 Å². The second-order valence-corrected chi connectivity index (χ2v) is 8.12. The van der Waals surface area contributed by atoms with Crippen LogP contribution in [-0.2, 0) is 22.6 Å². The summed E-state index contributed by atoms with van der Waals surface area (Å²) >= 11 is 0. The molecule has 6 heteroatoms. The zero-order valence-electron chi connectivity index (χ0n) is 17.0. The Morgan fingerprint density at radius 2 is 1.87 bits per heavy atom. The molecule has 1 unspecified atom stereocenters. The van der Waals surface area contributed by atoms with Crippen LogP contribution < -0.4 is 10.2 Å². The van der Waals surface area contributed by atoms with Crippen molar-refractivity contribution in [3.05, 3.63) is 66.1 Å². The van der Waals surface area contributed by atoms with Crippen LogP contribution in [0, 0.1) is 12.8 Å². The highest BCUT2D eigenvalue weighted by molar-refractivity contribution is 6.03. The minimum absolute atomic E-state index is 0.0102. The quantitative estimate of drug-likeness (QED) is 0.724. The molecular weight excluding hydrogens is 376 g/mol. The summed E-state index contributed by atoms with van der Waals surface area (Å²) in [4.78, 5) is 31.4. The molecule has 30 heavy (non-hydrogen) atoms. The Morgan fingerprint density at radius 3 is 2.63 bits per heavy atom. The van der Waals surface area contributed by atoms with Crippen molar-refractivity contribution >= 4 is 23.2 Å². The van der Waals surface area contributed by atoms with Gasteiger partial charge in [0.25, 0.3) is 0 Å². The van der Waals surface area contributed by atoms with E-state index in [2.05, 4.69) is 14.9 Å². The highest BCUT2D eigenvalue weighted by Gasteiger charge is 2.35. The first kappa shape index (κ1) is 18.6. The number of carbonyl (C=O) groups excluding carboxylic acids is 2. The van der Waals surface area contributed by atoms with Crippen molar-refractivity contribution in [2.24, 2.45) is 5.92 Å². The molecule has 2 aliphatic rings. The van der Waals surface area contributed by atoms with Gasteiger partial charge in [0.15, 0.2) is 0 Å². The average molecular weight is 400 g/mol. The van der Waals surface area contributed by atoms with Crippen LogP contribution in [0.3, 0.4) is 0 Å². The number of amides is 2. The minimum atomic E-state index is -0.350. The lowest BCUT2D eigenvalue weighted by atomic mass is 10.1. The molecule has 1 fully saturated rings. The van der Waals surface area contributed by atoms with Gasteiger partial charge in [-0.15, -0.1) is 0 Å². The number of hydrogen-bond donors (Lipinski definition) is 1. The Bertz CT molecular complexity index is 1100. The highest BCUT2D eigenvalue weighted by atomic mass is 16.2. The van der Waals surface area contributed by atoms with Crippen LogP contribution in [0.5, 0.6) is 0 Å². The van der Waals surface area contributed by atoms with Gasteiger partial charge in [-0.25, -0.2) is 4.98 Å². The summed E-state index contributed by atoms with van der Waals surface area (Å²) in [5.74, 6) is 0.669. The molecule has 2 aliphatic heterocycles. The van der Waals surface area contributed by atoms with Crippen molar-refractivity contribution in [1.82, 2.24) is 9.55 Å². The SMILES string of the molecule is Cc1ccc(N2CC(C(=O)Nc3ccc(-c4cnc5n4CCC5)cc3)CC2=O)cc1. The number of anilines is 2. The molecule has 0 saturated carbocycles. The molecule has 0 bridgehead atoms. The largest absolute Gasteiger partial charge is 0.328 e. The number of imidazole rings is 1. The monoisotopic (exact) mass is 400 g/mol. The topological polar surface area (TPSA) is 67.2 Å². The van der Waals surface area contributed by atoms with Crippen molar-refractivity contribution in [3.8, 4) is 11.3 Å². The van der Waals surface area contributed by atoms with Crippen molar-refractivity contribution in [2.45, 2.75) is 32.7 Å². The van der Waals surface area contributed by atoms with Crippen molar-refractivity contribution in [1.29, 1.82) is 0 Å². The second kappa shape index (κ2) is 7.44. The normalized spacial score (nSPS) is 18.0. The van der Waals surface area contributed by atoms with Gasteiger partial charge in [-0.1, -0.05) is 29.8 Å². The molecule has 1 aromatic heterocycles. The molecule has 0 aliphatic carbocycles. The van der Waals surface area contributed by atoms with E-state index in [0.717, 1.165) is 53.4 Å². The maximum Gasteiger partial charge on any atom is 0.229 e. The number of aromatic nitrogens is 2. The van der Waals surface area contributed by atoms with Crippen LogP contribution >= 0.6 is 0 Å². The Labute approximate surface area is 175 Å². The lowest BCUT2D eigenvalue weighted by Gasteiger charge is -2.17. The number of hydrogen-bond acceptors (Lipinski definition) is 3.